The van der Waals surface area contributed by atoms with E-state index in [9.17, 15) is 0 Å². The SMILES string of the molecule is CC1(C)c2ccccc2-c2ccc(N(c3cccc4c3CC(c3ccccc3)=N4)c3cccc4c5c6ccccc6ccc5n(-c5ccccc5)c34)cc21. The van der Waals surface area contributed by atoms with Gasteiger partial charge in [0.2, 0.25) is 0 Å². The molecule has 1 aliphatic carbocycles. The standard InChI is InChI=1S/C51H37N3/c1-51(2)42-23-12-11-21-38(42)39-29-28-36(31-43(39)51)53(46-25-14-24-44-41(46)32-45(52-44)34-16-5-3-6-17-34)48-26-13-22-40-49-37-20-10-9-15-33(37)27-30-47(49)54(50(40)48)35-18-7-4-8-19-35/h3-31H,32H2,1-2H3. The van der Waals surface area contributed by atoms with Crippen molar-refractivity contribution >= 4 is 61.0 Å². The predicted molar refractivity (Wildman–Crippen MR) is 227 cm³/mol. The summed E-state index contributed by atoms with van der Waals surface area (Å²) >= 11 is 0. The Hall–Kier alpha value is -6.71. The van der Waals surface area contributed by atoms with Crippen LogP contribution in [0.3, 0.4) is 0 Å². The molecule has 0 bridgehead atoms. The molecule has 3 nitrogen and oxygen atoms in total. The Morgan fingerprint density at radius 2 is 1.28 bits per heavy atom. The number of fused-ring (bicyclic) bond motifs is 9. The predicted octanol–water partition coefficient (Wildman–Crippen LogP) is 13.4. The Morgan fingerprint density at radius 3 is 2.15 bits per heavy atom. The van der Waals surface area contributed by atoms with Crippen molar-refractivity contribution in [3.05, 3.63) is 198 Å². The fourth-order valence-corrected chi connectivity index (χ4v) is 9.29. The van der Waals surface area contributed by atoms with E-state index in [-0.39, 0.29) is 5.41 Å². The zero-order valence-corrected chi connectivity index (χ0v) is 30.3. The molecule has 11 rings (SSSR count). The zero-order chi connectivity index (χ0) is 36.0. The molecule has 0 spiro atoms. The number of para-hydroxylation sites is 2. The number of hydrogen-bond donors (Lipinski definition) is 0. The molecular weight excluding hydrogens is 655 g/mol. The van der Waals surface area contributed by atoms with Crippen LogP contribution in [0, 0.1) is 0 Å². The molecular formula is C51H37N3. The molecule has 9 aromatic rings. The first-order valence-corrected chi connectivity index (χ1v) is 18.9. The lowest BCUT2D eigenvalue weighted by molar-refractivity contribution is 0.660. The van der Waals surface area contributed by atoms with Gasteiger partial charge in [0.05, 0.1) is 33.8 Å². The molecule has 2 heterocycles. The second-order valence-electron chi connectivity index (χ2n) is 15.1. The van der Waals surface area contributed by atoms with Crippen LogP contribution in [-0.4, -0.2) is 10.3 Å². The van der Waals surface area contributed by atoms with Crippen LogP contribution in [-0.2, 0) is 11.8 Å². The normalized spacial score (nSPS) is 13.9. The van der Waals surface area contributed by atoms with E-state index in [1.807, 2.05) is 0 Å². The van der Waals surface area contributed by atoms with E-state index in [0.717, 1.165) is 40.6 Å². The van der Waals surface area contributed by atoms with Gasteiger partial charge in [-0.1, -0.05) is 141 Å². The van der Waals surface area contributed by atoms with Gasteiger partial charge in [-0.25, -0.2) is 0 Å². The van der Waals surface area contributed by atoms with Crippen LogP contribution in [0.2, 0.25) is 0 Å². The molecule has 0 atom stereocenters. The molecule has 0 unspecified atom stereocenters. The highest BCUT2D eigenvalue weighted by atomic mass is 15.2. The zero-order valence-electron chi connectivity index (χ0n) is 30.3. The summed E-state index contributed by atoms with van der Waals surface area (Å²) in [7, 11) is 0. The van der Waals surface area contributed by atoms with E-state index in [1.165, 1.54) is 66.0 Å². The third-order valence-electron chi connectivity index (χ3n) is 11.8. The molecule has 2 aliphatic rings. The fraction of sp³-hybridized carbons (Fsp3) is 0.0784. The molecule has 1 aliphatic heterocycles. The summed E-state index contributed by atoms with van der Waals surface area (Å²) < 4.78 is 2.47. The molecule has 0 amide bonds. The topological polar surface area (TPSA) is 20.5 Å². The largest absolute Gasteiger partial charge is 0.308 e. The van der Waals surface area contributed by atoms with Crippen molar-refractivity contribution in [3.8, 4) is 16.8 Å². The van der Waals surface area contributed by atoms with Crippen LogP contribution >= 0.6 is 0 Å². The van der Waals surface area contributed by atoms with Crippen LogP contribution in [0.25, 0.3) is 49.4 Å². The van der Waals surface area contributed by atoms with Crippen LogP contribution in [0.1, 0.15) is 36.1 Å². The lowest BCUT2D eigenvalue weighted by Gasteiger charge is -2.30. The van der Waals surface area contributed by atoms with E-state index in [4.69, 9.17) is 4.99 Å². The molecule has 0 saturated carbocycles. The number of aliphatic imine (C=N–C) groups is 1. The first kappa shape index (κ1) is 30.9. The lowest BCUT2D eigenvalue weighted by atomic mass is 9.82. The van der Waals surface area contributed by atoms with Gasteiger partial charge in [-0.05, 0) is 87.1 Å². The van der Waals surface area contributed by atoms with Gasteiger partial charge in [-0.2, -0.15) is 0 Å². The van der Waals surface area contributed by atoms with Crippen molar-refractivity contribution in [1.29, 1.82) is 0 Å². The monoisotopic (exact) mass is 691 g/mol. The van der Waals surface area contributed by atoms with Crippen LogP contribution in [0.15, 0.2) is 181 Å². The van der Waals surface area contributed by atoms with Gasteiger partial charge in [0.25, 0.3) is 0 Å². The molecule has 0 radical (unpaired) electrons. The number of nitrogens with zero attached hydrogens (tertiary/aromatic N) is 3. The Balaban J connectivity index is 1.22. The van der Waals surface area contributed by atoms with E-state index in [0.29, 0.717) is 0 Å². The van der Waals surface area contributed by atoms with Crippen molar-refractivity contribution < 1.29 is 0 Å². The molecule has 54 heavy (non-hydrogen) atoms. The van der Waals surface area contributed by atoms with E-state index < -0.39 is 0 Å². The summed E-state index contributed by atoms with van der Waals surface area (Å²) in [5, 5.41) is 5.01. The van der Waals surface area contributed by atoms with Gasteiger partial charge in [0.15, 0.2) is 0 Å². The lowest BCUT2D eigenvalue weighted by Crippen LogP contribution is -2.17. The molecule has 1 aromatic heterocycles. The second kappa shape index (κ2) is 11.6. The fourth-order valence-electron chi connectivity index (χ4n) is 9.29. The third-order valence-corrected chi connectivity index (χ3v) is 11.8. The highest BCUT2D eigenvalue weighted by Crippen LogP contribution is 2.53. The number of rotatable bonds is 5. The highest BCUT2D eigenvalue weighted by Gasteiger charge is 2.36. The van der Waals surface area contributed by atoms with Crippen LogP contribution in [0.4, 0.5) is 22.7 Å². The summed E-state index contributed by atoms with van der Waals surface area (Å²) in [4.78, 5) is 7.76. The van der Waals surface area contributed by atoms with Crippen molar-refractivity contribution in [2.45, 2.75) is 25.7 Å². The third kappa shape index (κ3) is 4.45. The maximum atomic E-state index is 5.24. The average molecular weight is 692 g/mol. The maximum Gasteiger partial charge on any atom is 0.0782 e. The summed E-state index contributed by atoms with van der Waals surface area (Å²) in [6.45, 7) is 4.73. The second-order valence-corrected chi connectivity index (χ2v) is 15.1. The van der Waals surface area contributed by atoms with Gasteiger partial charge < -0.3 is 9.47 Å². The molecule has 0 N–H and O–H groups in total. The van der Waals surface area contributed by atoms with E-state index in [1.54, 1.807) is 0 Å². The average Bonchev–Trinajstić information content (AvgIpc) is 3.88. The summed E-state index contributed by atoms with van der Waals surface area (Å²) in [6.07, 6.45) is 0.760. The molecule has 0 fully saturated rings. The minimum atomic E-state index is -0.139. The Kier molecular flexibility index (Phi) is 6.66. The quantitative estimate of drug-likeness (QED) is 0.176. The number of hydrogen-bond acceptors (Lipinski definition) is 2. The summed E-state index contributed by atoms with van der Waals surface area (Å²) in [6, 6.07) is 64.3. The van der Waals surface area contributed by atoms with Crippen LogP contribution in [0.5, 0.6) is 0 Å². The Bertz CT molecular complexity index is 2990. The molecule has 256 valence electrons. The molecule has 8 aromatic carbocycles. The van der Waals surface area contributed by atoms with Gasteiger partial charge in [0, 0.05) is 39.5 Å². The molecule has 3 heteroatoms. The van der Waals surface area contributed by atoms with Gasteiger partial charge in [-0.15, -0.1) is 0 Å². The van der Waals surface area contributed by atoms with Gasteiger partial charge in [0.1, 0.15) is 0 Å². The number of anilines is 3. The van der Waals surface area contributed by atoms with E-state index in [2.05, 4.69) is 199 Å². The van der Waals surface area contributed by atoms with Crippen LogP contribution < -0.4 is 4.90 Å². The Morgan fingerprint density at radius 1 is 0.574 bits per heavy atom. The summed E-state index contributed by atoms with van der Waals surface area (Å²) in [5.41, 5.74) is 16.7. The minimum absolute atomic E-state index is 0.139. The van der Waals surface area contributed by atoms with Crippen molar-refractivity contribution in [2.75, 3.05) is 4.90 Å². The highest BCUT2D eigenvalue weighted by molar-refractivity contribution is 6.24. The minimum Gasteiger partial charge on any atom is -0.308 e. The number of benzene rings is 8. The smallest absolute Gasteiger partial charge is 0.0782 e. The van der Waals surface area contributed by atoms with Crippen molar-refractivity contribution in [3.63, 3.8) is 0 Å². The Labute approximate surface area is 315 Å². The van der Waals surface area contributed by atoms with E-state index >= 15 is 0 Å². The van der Waals surface area contributed by atoms with Crippen molar-refractivity contribution in [2.24, 2.45) is 4.99 Å². The first-order chi connectivity index (χ1) is 26.6. The van der Waals surface area contributed by atoms with Crippen molar-refractivity contribution in [1.82, 2.24) is 4.57 Å². The molecule has 0 saturated heterocycles. The maximum absolute atomic E-state index is 5.24. The van der Waals surface area contributed by atoms with Gasteiger partial charge >= 0.3 is 0 Å². The first-order valence-electron chi connectivity index (χ1n) is 18.9. The van der Waals surface area contributed by atoms with Gasteiger partial charge in [-0.3, -0.25) is 4.99 Å². The number of aromatic nitrogens is 1. The summed E-state index contributed by atoms with van der Waals surface area (Å²) in [5.74, 6) is 0.